The van der Waals surface area contributed by atoms with Gasteiger partial charge in [0, 0.05) is 18.5 Å². The molecule has 162 valence electrons. The SMILES string of the molecule is COc1ccc(CCC(=O)c2ccc(C)cc2)cc1OCC(O)CN1CCCCC1. The fourth-order valence-corrected chi connectivity index (χ4v) is 3.81. The molecule has 1 heterocycles. The number of carbonyl (C=O) groups is 1. The maximum atomic E-state index is 12.4. The summed E-state index contributed by atoms with van der Waals surface area (Å²) in [5.74, 6) is 1.37. The molecule has 5 heteroatoms. The average molecular weight is 412 g/mol. The van der Waals surface area contributed by atoms with Crippen molar-refractivity contribution in [1.82, 2.24) is 4.90 Å². The lowest BCUT2D eigenvalue weighted by Crippen LogP contribution is -2.38. The number of ether oxygens (including phenoxy) is 2. The van der Waals surface area contributed by atoms with Crippen molar-refractivity contribution in [1.29, 1.82) is 0 Å². The second-order valence-corrected chi connectivity index (χ2v) is 8.10. The number of methoxy groups -OCH3 is 1. The Morgan fingerprint density at radius 1 is 1.07 bits per heavy atom. The molecule has 5 nitrogen and oxygen atoms in total. The van der Waals surface area contributed by atoms with Gasteiger partial charge in [-0.25, -0.2) is 0 Å². The molecule has 0 aromatic heterocycles. The highest BCUT2D eigenvalue weighted by atomic mass is 16.5. The first-order chi connectivity index (χ1) is 14.5. The highest BCUT2D eigenvalue weighted by Crippen LogP contribution is 2.29. The first kappa shape index (κ1) is 22.3. The predicted molar refractivity (Wildman–Crippen MR) is 119 cm³/mol. The summed E-state index contributed by atoms with van der Waals surface area (Å²) in [4.78, 5) is 14.7. The summed E-state index contributed by atoms with van der Waals surface area (Å²) in [6.45, 7) is 4.96. The van der Waals surface area contributed by atoms with Gasteiger partial charge >= 0.3 is 0 Å². The number of benzene rings is 2. The number of aliphatic hydroxyl groups is 1. The van der Waals surface area contributed by atoms with Gasteiger partial charge in [0.2, 0.25) is 0 Å². The third-order valence-corrected chi connectivity index (χ3v) is 5.59. The molecule has 2 aromatic rings. The molecule has 3 rings (SSSR count). The maximum absolute atomic E-state index is 12.4. The van der Waals surface area contributed by atoms with Crippen molar-refractivity contribution in [2.45, 2.75) is 45.1 Å². The number of β-amino-alcohol motifs (C(OH)–C–C–N with tert-alkyl or cyclic N) is 1. The number of aryl methyl sites for hydroxylation is 2. The number of ketones is 1. The minimum atomic E-state index is -0.542. The number of piperidine rings is 1. The van der Waals surface area contributed by atoms with Gasteiger partial charge in [0.25, 0.3) is 0 Å². The van der Waals surface area contributed by atoms with Gasteiger partial charge in [-0.2, -0.15) is 0 Å². The van der Waals surface area contributed by atoms with Crippen LogP contribution in [0.3, 0.4) is 0 Å². The van der Waals surface area contributed by atoms with Crippen LogP contribution >= 0.6 is 0 Å². The Kier molecular flexibility index (Phi) is 8.29. The quantitative estimate of drug-likeness (QED) is 0.598. The molecule has 1 saturated heterocycles. The van der Waals surface area contributed by atoms with E-state index in [1.165, 1.54) is 19.3 Å². The molecule has 1 aliphatic heterocycles. The largest absolute Gasteiger partial charge is 0.493 e. The first-order valence-corrected chi connectivity index (χ1v) is 10.8. The smallest absolute Gasteiger partial charge is 0.163 e. The average Bonchev–Trinajstić information content (AvgIpc) is 2.77. The normalized spacial score (nSPS) is 15.6. The summed E-state index contributed by atoms with van der Waals surface area (Å²) >= 11 is 0. The lowest BCUT2D eigenvalue weighted by Gasteiger charge is -2.28. The molecule has 0 spiro atoms. The van der Waals surface area contributed by atoms with Crippen LogP contribution in [0.5, 0.6) is 11.5 Å². The lowest BCUT2D eigenvalue weighted by molar-refractivity contribution is 0.0608. The topological polar surface area (TPSA) is 59.0 Å². The summed E-state index contributed by atoms with van der Waals surface area (Å²) in [5, 5.41) is 10.4. The van der Waals surface area contributed by atoms with Gasteiger partial charge in [0.15, 0.2) is 17.3 Å². The van der Waals surface area contributed by atoms with E-state index in [0.29, 0.717) is 30.9 Å². The van der Waals surface area contributed by atoms with E-state index in [1.54, 1.807) is 7.11 Å². The number of hydrogen-bond donors (Lipinski definition) is 1. The lowest BCUT2D eigenvalue weighted by atomic mass is 10.0. The number of hydrogen-bond acceptors (Lipinski definition) is 5. The molecule has 1 N–H and O–H groups in total. The number of carbonyl (C=O) groups excluding carboxylic acids is 1. The Morgan fingerprint density at radius 3 is 2.50 bits per heavy atom. The summed E-state index contributed by atoms with van der Waals surface area (Å²) in [7, 11) is 1.60. The van der Waals surface area contributed by atoms with Gasteiger partial charge in [-0.3, -0.25) is 4.79 Å². The summed E-state index contributed by atoms with van der Waals surface area (Å²) in [6.07, 6.45) is 4.20. The van der Waals surface area contributed by atoms with E-state index >= 15 is 0 Å². The van der Waals surface area contributed by atoms with Gasteiger partial charge in [-0.05, 0) is 57.0 Å². The number of Topliss-reactive ketones (excluding diaryl/α,β-unsaturated/α-hetero) is 1. The molecule has 0 aliphatic carbocycles. The molecule has 2 aromatic carbocycles. The van der Waals surface area contributed by atoms with E-state index in [9.17, 15) is 9.90 Å². The third kappa shape index (κ3) is 6.57. The second kappa shape index (κ2) is 11.1. The highest BCUT2D eigenvalue weighted by molar-refractivity contribution is 5.96. The zero-order valence-corrected chi connectivity index (χ0v) is 18.1. The molecule has 1 fully saturated rings. The van der Waals surface area contributed by atoms with Gasteiger partial charge in [-0.15, -0.1) is 0 Å². The fraction of sp³-hybridized carbons (Fsp3) is 0.480. The van der Waals surface area contributed by atoms with Gasteiger partial charge in [0.05, 0.1) is 7.11 Å². The second-order valence-electron chi connectivity index (χ2n) is 8.10. The summed E-state index contributed by atoms with van der Waals surface area (Å²) < 4.78 is 11.3. The van der Waals surface area contributed by atoms with Crippen molar-refractivity contribution in [3.8, 4) is 11.5 Å². The van der Waals surface area contributed by atoms with Crippen LogP contribution in [-0.2, 0) is 6.42 Å². The Hall–Kier alpha value is -2.37. The standard InChI is InChI=1S/C25H33NO4/c1-19-6-10-21(11-7-19)23(28)12-8-20-9-13-24(29-2)25(16-20)30-18-22(27)17-26-14-4-3-5-15-26/h6-7,9-11,13,16,22,27H,3-5,8,12,14-15,17-18H2,1-2H3. The Bertz CT molecular complexity index is 812. The zero-order valence-electron chi connectivity index (χ0n) is 18.1. The van der Waals surface area contributed by atoms with Crippen molar-refractivity contribution in [2.24, 2.45) is 0 Å². The number of likely N-dealkylation sites (tertiary alicyclic amines) is 1. The minimum absolute atomic E-state index is 0.130. The van der Waals surface area contributed by atoms with Crippen molar-refractivity contribution in [3.63, 3.8) is 0 Å². The van der Waals surface area contributed by atoms with Crippen LogP contribution in [0.15, 0.2) is 42.5 Å². The molecule has 1 unspecified atom stereocenters. The monoisotopic (exact) mass is 411 g/mol. The number of rotatable bonds is 10. The van der Waals surface area contributed by atoms with Gasteiger partial charge in [-0.1, -0.05) is 42.3 Å². The number of aliphatic hydroxyl groups excluding tert-OH is 1. The predicted octanol–water partition coefficient (Wildman–Crippen LogP) is 4.04. The highest BCUT2D eigenvalue weighted by Gasteiger charge is 2.16. The van der Waals surface area contributed by atoms with Crippen LogP contribution in [-0.4, -0.2) is 55.2 Å². The molecule has 1 atom stereocenters. The van der Waals surface area contributed by atoms with Gasteiger partial charge in [0.1, 0.15) is 12.7 Å². The Morgan fingerprint density at radius 2 is 1.80 bits per heavy atom. The zero-order chi connectivity index (χ0) is 21.3. The van der Waals surface area contributed by atoms with Crippen molar-refractivity contribution < 1.29 is 19.4 Å². The van der Waals surface area contributed by atoms with E-state index in [-0.39, 0.29) is 12.4 Å². The van der Waals surface area contributed by atoms with E-state index < -0.39 is 6.10 Å². The molecular weight excluding hydrogens is 378 g/mol. The van der Waals surface area contributed by atoms with Crippen LogP contribution in [0.25, 0.3) is 0 Å². The summed E-state index contributed by atoms with van der Waals surface area (Å²) in [6, 6.07) is 13.4. The summed E-state index contributed by atoms with van der Waals surface area (Å²) in [5.41, 5.74) is 2.90. The van der Waals surface area contributed by atoms with Gasteiger partial charge < -0.3 is 19.5 Å². The first-order valence-electron chi connectivity index (χ1n) is 10.8. The van der Waals surface area contributed by atoms with E-state index in [1.807, 2.05) is 49.4 Å². The molecule has 1 aliphatic rings. The Balaban J connectivity index is 1.54. The number of nitrogens with zero attached hydrogens (tertiary/aromatic N) is 1. The van der Waals surface area contributed by atoms with E-state index in [2.05, 4.69) is 4.90 Å². The fourth-order valence-electron chi connectivity index (χ4n) is 3.81. The van der Waals surface area contributed by atoms with Crippen LogP contribution < -0.4 is 9.47 Å². The molecule has 0 amide bonds. The van der Waals surface area contributed by atoms with Crippen LogP contribution in [0.4, 0.5) is 0 Å². The molecule has 0 bridgehead atoms. The molecular formula is C25H33NO4. The third-order valence-electron chi connectivity index (χ3n) is 5.59. The molecule has 0 radical (unpaired) electrons. The molecule has 0 saturated carbocycles. The van der Waals surface area contributed by atoms with E-state index in [4.69, 9.17) is 9.47 Å². The van der Waals surface area contributed by atoms with Crippen LogP contribution in [0.2, 0.25) is 0 Å². The van der Waals surface area contributed by atoms with Crippen molar-refractivity contribution in [2.75, 3.05) is 33.4 Å². The Labute approximate surface area is 179 Å². The van der Waals surface area contributed by atoms with Crippen LogP contribution in [0.1, 0.15) is 47.2 Å². The maximum Gasteiger partial charge on any atom is 0.163 e. The molecule has 30 heavy (non-hydrogen) atoms. The van der Waals surface area contributed by atoms with Crippen molar-refractivity contribution in [3.05, 3.63) is 59.2 Å². The van der Waals surface area contributed by atoms with Crippen molar-refractivity contribution >= 4 is 5.78 Å². The van der Waals surface area contributed by atoms with E-state index in [0.717, 1.165) is 29.8 Å². The van der Waals surface area contributed by atoms with Crippen LogP contribution in [0, 0.1) is 6.92 Å². The minimum Gasteiger partial charge on any atom is -0.493 e.